The van der Waals surface area contributed by atoms with Crippen molar-refractivity contribution in [3.05, 3.63) is 23.0 Å². The molecule has 1 rings (SSSR count). The van der Waals surface area contributed by atoms with Crippen LogP contribution in [0, 0.1) is 0 Å². The minimum absolute atomic E-state index is 0.0544. The summed E-state index contributed by atoms with van der Waals surface area (Å²) in [6, 6.07) is 1.69. The molecular weight excluding hydrogens is 222 g/mol. The molecule has 1 heterocycles. The van der Waals surface area contributed by atoms with Gasteiger partial charge < -0.3 is 0 Å². The van der Waals surface area contributed by atoms with Gasteiger partial charge in [0.1, 0.15) is 10.0 Å². The number of nitrogens with zero attached hydrogens (tertiary/aromatic N) is 1. The van der Waals surface area contributed by atoms with Gasteiger partial charge >= 0.3 is 0 Å². The first-order valence-corrected chi connectivity index (χ1v) is 6.45. The molecule has 0 aliphatic heterocycles. The van der Waals surface area contributed by atoms with Crippen LogP contribution >= 0.6 is 11.6 Å². The maximum atomic E-state index is 11.5. The van der Waals surface area contributed by atoms with E-state index in [1.165, 1.54) is 6.20 Å². The average molecular weight is 234 g/mol. The summed E-state index contributed by atoms with van der Waals surface area (Å²) in [5.74, 6) is 0.111. The Morgan fingerprint density at radius 2 is 2.00 bits per heavy atom. The van der Waals surface area contributed by atoms with Crippen molar-refractivity contribution in [1.29, 1.82) is 0 Å². The van der Waals surface area contributed by atoms with Crippen LogP contribution in [0.1, 0.15) is 25.3 Å². The Kier molecular flexibility index (Phi) is 3.17. The number of hydrogen-bond donors (Lipinski definition) is 0. The molecule has 0 N–H and O–H groups in total. The van der Waals surface area contributed by atoms with E-state index in [1.807, 2.05) is 13.8 Å². The summed E-state index contributed by atoms with van der Waals surface area (Å²) in [4.78, 5) is 3.92. The van der Waals surface area contributed by atoms with Crippen LogP contribution in [0.25, 0.3) is 0 Å². The maximum absolute atomic E-state index is 11.5. The van der Waals surface area contributed by atoms with Crippen LogP contribution in [0.15, 0.2) is 17.2 Å². The predicted octanol–water partition coefficient (Wildman–Crippen LogP) is 2.26. The van der Waals surface area contributed by atoms with Crippen molar-refractivity contribution >= 4 is 21.4 Å². The van der Waals surface area contributed by atoms with Crippen LogP contribution in [-0.4, -0.2) is 19.7 Å². The Labute approximate surface area is 89.0 Å². The molecule has 0 saturated heterocycles. The van der Waals surface area contributed by atoms with Gasteiger partial charge in [0.25, 0.3) is 0 Å². The number of hydrogen-bond acceptors (Lipinski definition) is 3. The minimum Gasteiger partial charge on any atom is -0.243 e. The van der Waals surface area contributed by atoms with Gasteiger partial charge in [-0.15, -0.1) is 0 Å². The lowest BCUT2D eigenvalue weighted by Crippen LogP contribution is -2.05. The van der Waals surface area contributed by atoms with E-state index in [1.54, 1.807) is 6.07 Å². The molecule has 0 amide bonds. The normalized spacial score (nSPS) is 12.1. The van der Waals surface area contributed by atoms with Gasteiger partial charge in [-0.3, -0.25) is 0 Å². The fourth-order valence-corrected chi connectivity index (χ4v) is 2.93. The Morgan fingerprint density at radius 1 is 1.43 bits per heavy atom. The van der Waals surface area contributed by atoms with Gasteiger partial charge in [0, 0.05) is 12.5 Å². The highest BCUT2D eigenvalue weighted by Gasteiger charge is 2.19. The van der Waals surface area contributed by atoms with Crippen molar-refractivity contribution < 1.29 is 8.42 Å². The standard InChI is InChI=1S/C9H12ClNO2S/c1-6(2)7-4-5-11-9(10)8(7)14(3,12)13/h4-6H,1-3H3. The second-order valence-electron chi connectivity index (χ2n) is 3.45. The van der Waals surface area contributed by atoms with Crippen LogP contribution in [0.4, 0.5) is 0 Å². The van der Waals surface area contributed by atoms with E-state index in [9.17, 15) is 8.42 Å². The highest BCUT2D eigenvalue weighted by atomic mass is 35.5. The maximum Gasteiger partial charge on any atom is 0.178 e. The van der Waals surface area contributed by atoms with Gasteiger partial charge in [-0.05, 0) is 17.5 Å². The molecule has 0 aliphatic carbocycles. The van der Waals surface area contributed by atoms with E-state index in [-0.39, 0.29) is 16.0 Å². The summed E-state index contributed by atoms with van der Waals surface area (Å²) in [7, 11) is -3.30. The van der Waals surface area contributed by atoms with Crippen molar-refractivity contribution in [3.8, 4) is 0 Å². The molecule has 0 spiro atoms. The first-order valence-electron chi connectivity index (χ1n) is 4.18. The zero-order valence-electron chi connectivity index (χ0n) is 8.28. The lowest BCUT2D eigenvalue weighted by Gasteiger charge is -2.11. The zero-order chi connectivity index (χ0) is 10.9. The number of rotatable bonds is 2. The molecule has 5 heteroatoms. The van der Waals surface area contributed by atoms with E-state index in [2.05, 4.69) is 4.98 Å². The van der Waals surface area contributed by atoms with Crippen LogP contribution in [0.3, 0.4) is 0 Å². The van der Waals surface area contributed by atoms with Crippen molar-refractivity contribution in [3.63, 3.8) is 0 Å². The lowest BCUT2D eigenvalue weighted by molar-refractivity contribution is 0.599. The number of halogens is 1. The van der Waals surface area contributed by atoms with E-state index in [4.69, 9.17) is 11.6 Å². The largest absolute Gasteiger partial charge is 0.243 e. The highest BCUT2D eigenvalue weighted by Crippen LogP contribution is 2.28. The van der Waals surface area contributed by atoms with Gasteiger partial charge in [-0.25, -0.2) is 13.4 Å². The first-order chi connectivity index (χ1) is 6.34. The van der Waals surface area contributed by atoms with Crippen molar-refractivity contribution in [2.24, 2.45) is 0 Å². The quantitative estimate of drug-likeness (QED) is 0.737. The van der Waals surface area contributed by atoms with E-state index < -0.39 is 9.84 Å². The van der Waals surface area contributed by atoms with Gasteiger partial charge in [0.15, 0.2) is 9.84 Å². The van der Waals surface area contributed by atoms with E-state index >= 15 is 0 Å². The lowest BCUT2D eigenvalue weighted by atomic mass is 10.1. The highest BCUT2D eigenvalue weighted by molar-refractivity contribution is 7.90. The molecule has 0 aliphatic rings. The second kappa shape index (κ2) is 3.87. The minimum atomic E-state index is -3.30. The third-order valence-electron chi connectivity index (χ3n) is 1.88. The van der Waals surface area contributed by atoms with Crippen molar-refractivity contribution in [1.82, 2.24) is 4.98 Å². The molecular formula is C9H12ClNO2S. The van der Waals surface area contributed by atoms with Gasteiger partial charge in [-0.1, -0.05) is 25.4 Å². The van der Waals surface area contributed by atoms with Gasteiger partial charge in [-0.2, -0.15) is 0 Å². The molecule has 0 radical (unpaired) electrons. The Balaban J connectivity index is 3.54. The van der Waals surface area contributed by atoms with Gasteiger partial charge in [0.05, 0.1) is 0 Å². The Hall–Kier alpha value is -0.610. The Morgan fingerprint density at radius 3 is 2.36 bits per heavy atom. The summed E-state index contributed by atoms with van der Waals surface area (Å²) in [5, 5.41) is 0.0544. The van der Waals surface area contributed by atoms with Crippen molar-refractivity contribution in [2.45, 2.75) is 24.7 Å². The Bertz CT molecular complexity index is 440. The summed E-state index contributed by atoms with van der Waals surface area (Å²) in [6.45, 7) is 3.83. The SMILES string of the molecule is CC(C)c1ccnc(Cl)c1S(C)(=O)=O. The topological polar surface area (TPSA) is 47.0 Å². The zero-order valence-corrected chi connectivity index (χ0v) is 9.85. The van der Waals surface area contributed by atoms with Crippen LogP contribution in [0.5, 0.6) is 0 Å². The molecule has 0 aromatic carbocycles. The summed E-state index contributed by atoms with van der Waals surface area (Å²) >= 11 is 5.77. The van der Waals surface area contributed by atoms with E-state index in [0.717, 1.165) is 6.26 Å². The number of pyridine rings is 1. The molecule has 3 nitrogen and oxygen atoms in total. The van der Waals surface area contributed by atoms with Crippen LogP contribution < -0.4 is 0 Å². The second-order valence-corrected chi connectivity index (χ2v) is 5.76. The smallest absolute Gasteiger partial charge is 0.178 e. The molecule has 0 saturated carbocycles. The fourth-order valence-electron chi connectivity index (χ4n) is 1.26. The molecule has 14 heavy (non-hydrogen) atoms. The monoisotopic (exact) mass is 233 g/mol. The van der Waals surface area contributed by atoms with Crippen LogP contribution in [-0.2, 0) is 9.84 Å². The van der Waals surface area contributed by atoms with Crippen molar-refractivity contribution in [2.75, 3.05) is 6.26 Å². The summed E-state index contributed by atoms with van der Waals surface area (Å²) in [5.41, 5.74) is 0.715. The number of sulfone groups is 1. The molecule has 0 atom stereocenters. The third-order valence-corrected chi connectivity index (χ3v) is 3.45. The predicted molar refractivity (Wildman–Crippen MR) is 56.4 cm³/mol. The molecule has 0 fully saturated rings. The molecule has 1 aromatic heterocycles. The molecule has 0 unspecified atom stereocenters. The van der Waals surface area contributed by atoms with E-state index in [0.29, 0.717) is 5.56 Å². The molecule has 0 bridgehead atoms. The summed E-state index contributed by atoms with van der Waals surface area (Å²) < 4.78 is 22.9. The molecule has 78 valence electrons. The molecule has 1 aromatic rings. The fraction of sp³-hybridized carbons (Fsp3) is 0.444. The van der Waals surface area contributed by atoms with Crippen LogP contribution in [0.2, 0.25) is 5.15 Å². The third kappa shape index (κ3) is 2.25. The van der Waals surface area contributed by atoms with Gasteiger partial charge in [0.2, 0.25) is 0 Å². The number of aromatic nitrogens is 1. The average Bonchev–Trinajstić information content (AvgIpc) is 2.01. The first kappa shape index (κ1) is 11.5. The summed E-state index contributed by atoms with van der Waals surface area (Å²) in [6.07, 6.45) is 2.66.